The lowest BCUT2D eigenvalue weighted by Crippen LogP contribution is -2.38. The summed E-state index contributed by atoms with van der Waals surface area (Å²) in [6.07, 6.45) is -0.415. The zero-order valence-corrected chi connectivity index (χ0v) is 23.4. The number of amides is 2. The van der Waals surface area contributed by atoms with Crippen LogP contribution in [0.15, 0.2) is 53.3 Å². The van der Waals surface area contributed by atoms with Crippen LogP contribution >= 0.6 is 0 Å². The molecule has 0 atom stereocenters. The lowest BCUT2D eigenvalue weighted by molar-refractivity contribution is -0.140. The van der Waals surface area contributed by atoms with Crippen molar-refractivity contribution in [3.63, 3.8) is 0 Å². The molecule has 224 valence electrons. The Hall–Kier alpha value is -5.01. The van der Waals surface area contributed by atoms with E-state index in [1.165, 1.54) is 35.4 Å². The van der Waals surface area contributed by atoms with Gasteiger partial charge in [-0.15, -0.1) is 0 Å². The molecule has 2 N–H and O–H groups in total. The Bertz CT molecular complexity index is 1650. The van der Waals surface area contributed by atoms with Crippen LogP contribution in [-0.2, 0) is 10.9 Å². The van der Waals surface area contributed by atoms with Crippen molar-refractivity contribution in [2.24, 2.45) is 5.92 Å². The van der Waals surface area contributed by atoms with Gasteiger partial charge in [-0.25, -0.2) is 14.8 Å². The molecule has 1 saturated carbocycles. The van der Waals surface area contributed by atoms with Crippen LogP contribution in [0.2, 0.25) is 0 Å². The highest BCUT2D eigenvalue weighted by atomic mass is 19.4. The largest absolute Gasteiger partial charge is 0.444 e. The summed E-state index contributed by atoms with van der Waals surface area (Å²) in [6, 6.07) is 8.76. The molecular formula is C29H27F3N6O5. The standard InChI is InChI=1S/C29H27F3N6O5/c1-28(2,3)43-27(41)38(13-16-4-5-16)21-12-19(10-11-33-21)26-34-20(15-42-26)25(40)35-23-22(36-37-24(23)29(30,31)32)18-8-6-17(14-39)7-9-18/h6-12,14-16H,4-5,13H2,1-3H3,(H,35,40)(H,36,37). The van der Waals surface area contributed by atoms with Gasteiger partial charge in [-0.05, 0) is 51.7 Å². The molecule has 4 aromatic rings. The van der Waals surface area contributed by atoms with Gasteiger partial charge < -0.3 is 14.5 Å². The highest BCUT2D eigenvalue weighted by Crippen LogP contribution is 2.39. The van der Waals surface area contributed by atoms with E-state index in [0.29, 0.717) is 35.7 Å². The van der Waals surface area contributed by atoms with Crippen LogP contribution in [0.4, 0.5) is 29.5 Å². The van der Waals surface area contributed by atoms with E-state index in [4.69, 9.17) is 9.15 Å². The summed E-state index contributed by atoms with van der Waals surface area (Å²) in [6.45, 7) is 5.70. The van der Waals surface area contributed by atoms with Crippen molar-refractivity contribution in [2.45, 2.75) is 45.4 Å². The summed E-state index contributed by atoms with van der Waals surface area (Å²) < 4.78 is 52.3. The van der Waals surface area contributed by atoms with Gasteiger partial charge in [0, 0.05) is 29.4 Å². The van der Waals surface area contributed by atoms with Crippen molar-refractivity contribution >= 4 is 29.8 Å². The van der Waals surface area contributed by atoms with Gasteiger partial charge >= 0.3 is 12.3 Å². The van der Waals surface area contributed by atoms with Gasteiger partial charge in [0.15, 0.2) is 11.4 Å². The lowest BCUT2D eigenvalue weighted by Gasteiger charge is -2.27. The van der Waals surface area contributed by atoms with E-state index in [1.807, 2.05) is 5.10 Å². The van der Waals surface area contributed by atoms with Gasteiger partial charge in [0.1, 0.15) is 35.3 Å². The van der Waals surface area contributed by atoms with E-state index in [0.717, 1.165) is 19.1 Å². The molecule has 43 heavy (non-hydrogen) atoms. The quantitative estimate of drug-likeness (QED) is 0.224. The van der Waals surface area contributed by atoms with Crippen LogP contribution < -0.4 is 10.2 Å². The first-order valence-electron chi connectivity index (χ1n) is 13.3. The third-order valence-corrected chi connectivity index (χ3v) is 6.37. The fourth-order valence-electron chi connectivity index (χ4n) is 4.12. The zero-order valence-electron chi connectivity index (χ0n) is 23.4. The fourth-order valence-corrected chi connectivity index (χ4v) is 4.12. The minimum absolute atomic E-state index is 0.0164. The van der Waals surface area contributed by atoms with Crippen LogP contribution in [-0.4, -0.2) is 50.6 Å². The van der Waals surface area contributed by atoms with E-state index in [9.17, 15) is 27.6 Å². The number of aldehydes is 1. The van der Waals surface area contributed by atoms with E-state index < -0.39 is 35.2 Å². The van der Waals surface area contributed by atoms with Gasteiger partial charge in [0.25, 0.3) is 5.91 Å². The number of hydrogen-bond donors (Lipinski definition) is 2. The zero-order chi connectivity index (χ0) is 30.9. The van der Waals surface area contributed by atoms with Gasteiger partial charge in [-0.3, -0.25) is 19.6 Å². The summed E-state index contributed by atoms with van der Waals surface area (Å²) in [4.78, 5) is 46.9. The average molecular weight is 597 g/mol. The first kappa shape index (κ1) is 29.5. The first-order chi connectivity index (χ1) is 20.3. The van der Waals surface area contributed by atoms with Crippen LogP contribution in [0, 0.1) is 5.92 Å². The smallest absolute Gasteiger partial charge is 0.434 e. The number of oxazole rings is 1. The molecule has 1 fully saturated rings. The van der Waals surface area contributed by atoms with Gasteiger partial charge in [-0.2, -0.15) is 18.3 Å². The van der Waals surface area contributed by atoms with Crippen molar-refractivity contribution in [3.8, 4) is 22.7 Å². The summed E-state index contributed by atoms with van der Waals surface area (Å²) in [5, 5.41) is 7.93. The topological polar surface area (TPSA) is 143 Å². The summed E-state index contributed by atoms with van der Waals surface area (Å²) >= 11 is 0. The average Bonchev–Trinajstić information content (AvgIpc) is 3.45. The molecule has 1 aliphatic carbocycles. The second kappa shape index (κ2) is 11.3. The number of aromatic amines is 1. The molecule has 0 unspecified atom stereocenters. The predicted molar refractivity (Wildman–Crippen MR) is 148 cm³/mol. The van der Waals surface area contributed by atoms with Gasteiger partial charge in [0.05, 0.1) is 0 Å². The lowest BCUT2D eigenvalue weighted by atomic mass is 10.1. The van der Waals surface area contributed by atoms with Crippen LogP contribution in [0.5, 0.6) is 0 Å². The number of anilines is 2. The number of hydrogen-bond acceptors (Lipinski definition) is 8. The molecule has 1 aromatic carbocycles. The Labute approximate surface area is 243 Å². The molecular weight excluding hydrogens is 569 g/mol. The van der Waals surface area contributed by atoms with Crippen LogP contribution in [0.3, 0.4) is 0 Å². The third-order valence-electron chi connectivity index (χ3n) is 6.37. The molecule has 2 amide bonds. The highest BCUT2D eigenvalue weighted by molar-refractivity contribution is 6.05. The van der Waals surface area contributed by atoms with Crippen molar-refractivity contribution in [3.05, 3.63) is 65.8 Å². The molecule has 3 heterocycles. The maximum Gasteiger partial charge on any atom is 0.434 e. The molecule has 3 aromatic heterocycles. The van der Waals surface area contributed by atoms with Crippen molar-refractivity contribution in [1.29, 1.82) is 0 Å². The number of ether oxygens (including phenoxy) is 1. The molecule has 0 saturated heterocycles. The maximum atomic E-state index is 13.8. The van der Waals surface area contributed by atoms with E-state index in [-0.39, 0.29) is 22.8 Å². The summed E-state index contributed by atoms with van der Waals surface area (Å²) in [5.41, 5.74) is -2.15. The maximum absolute atomic E-state index is 13.8. The van der Waals surface area contributed by atoms with E-state index >= 15 is 0 Å². The minimum Gasteiger partial charge on any atom is -0.444 e. The second-order valence-corrected chi connectivity index (χ2v) is 11.0. The number of alkyl halides is 3. The number of carbonyl (C=O) groups excluding carboxylic acids is 3. The van der Waals surface area contributed by atoms with Gasteiger partial charge in [0.2, 0.25) is 5.89 Å². The van der Waals surface area contributed by atoms with Gasteiger partial charge in [-0.1, -0.05) is 24.3 Å². The Morgan fingerprint density at radius 3 is 2.49 bits per heavy atom. The second-order valence-electron chi connectivity index (χ2n) is 11.0. The fraction of sp³-hybridized carbons (Fsp3) is 0.310. The number of halogens is 3. The predicted octanol–water partition coefficient (Wildman–Crippen LogP) is 6.36. The Morgan fingerprint density at radius 2 is 1.86 bits per heavy atom. The minimum atomic E-state index is -4.86. The molecule has 0 bridgehead atoms. The molecule has 11 nitrogen and oxygen atoms in total. The number of pyridine rings is 1. The number of rotatable bonds is 8. The van der Waals surface area contributed by atoms with Crippen LogP contribution in [0.1, 0.15) is 60.2 Å². The molecule has 0 aliphatic heterocycles. The highest BCUT2D eigenvalue weighted by Gasteiger charge is 2.39. The molecule has 0 spiro atoms. The number of nitrogens with zero attached hydrogens (tertiary/aromatic N) is 4. The summed E-state index contributed by atoms with van der Waals surface area (Å²) in [5.74, 6) is -0.378. The summed E-state index contributed by atoms with van der Waals surface area (Å²) in [7, 11) is 0. The van der Waals surface area contributed by atoms with Crippen molar-refractivity contribution in [2.75, 3.05) is 16.8 Å². The van der Waals surface area contributed by atoms with E-state index in [1.54, 1.807) is 32.9 Å². The molecule has 0 radical (unpaired) electrons. The van der Waals surface area contributed by atoms with Crippen LogP contribution in [0.25, 0.3) is 22.7 Å². The monoisotopic (exact) mass is 596 g/mol. The number of H-pyrrole nitrogens is 1. The van der Waals surface area contributed by atoms with Crippen molar-refractivity contribution in [1.82, 2.24) is 20.2 Å². The Kier molecular flexibility index (Phi) is 7.78. The first-order valence-corrected chi connectivity index (χ1v) is 13.3. The Morgan fingerprint density at radius 1 is 1.14 bits per heavy atom. The Balaban J connectivity index is 1.40. The molecule has 5 rings (SSSR count). The normalized spacial score (nSPS) is 13.4. The third kappa shape index (κ3) is 6.90. The SMILES string of the molecule is CC(C)(C)OC(=O)N(CC1CC1)c1cc(-c2nc(C(=O)Nc3c(-c4ccc(C=O)cc4)n[nH]c3C(F)(F)F)co2)ccn1. The number of carbonyl (C=O) groups is 3. The number of benzene rings is 1. The molecule has 1 aliphatic rings. The number of aromatic nitrogens is 4. The number of nitrogens with one attached hydrogen (secondary N) is 2. The van der Waals surface area contributed by atoms with Crippen molar-refractivity contribution < 1.29 is 36.7 Å². The molecule has 14 heteroatoms. The van der Waals surface area contributed by atoms with E-state index in [2.05, 4.69) is 20.4 Å².